The number of nitrogens with one attached hydrogen (secondary N) is 2. The summed E-state index contributed by atoms with van der Waals surface area (Å²) >= 11 is 2.26. The maximum Gasteiger partial charge on any atom is 0.352 e. The SMILES string of the molecule is CCO/N=C(/C(=O)NC1C(=O)N2C(C(=O)O)=C(C[n+]3cccc4c3ncn4CCCNC)CSC12)c1nsc(N)n1. The maximum atomic E-state index is 13.2. The monoisotopic (exact) mass is 601 g/mol. The van der Waals surface area contributed by atoms with Crippen molar-refractivity contribution in [3.8, 4) is 0 Å². The third-order valence-corrected chi connectivity index (χ3v) is 8.41. The zero-order valence-electron chi connectivity index (χ0n) is 22.3. The summed E-state index contributed by atoms with van der Waals surface area (Å²) in [6, 6.07) is 2.90. The van der Waals surface area contributed by atoms with E-state index in [0.717, 1.165) is 42.2 Å². The van der Waals surface area contributed by atoms with Crippen LogP contribution >= 0.6 is 23.3 Å². The number of nitrogens with zero attached hydrogens (tertiary/aromatic N) is 7. The number of aryl methyl sites for hydroxylation is 1. The molecule has 3 aromatic rings. The number of imidazole rings is 1. The van der Waals surface area contributed by atoms with Gasteiger partial charge in [-0.3, -0.25) is 14.5 Å². The van der Waals surface area contributed by atoms with Crippen molar-refractivity contribution in [2.75, 3.05) is 31.7 Å². The Morgan fingerprint density at radius 1 is 1.39 bits per heavy atom. The number of oxime groups is 1. The number of amides is 2. The van der Waals surface area contributed by atoms with E-state index < -0.39 is 29.2 Å². The number of thioether (sulfide) groups is 1. The van der Waals surface area contributed by atoms with E-state index in [0.29, 0.717) is 11.3 Å². The number of anilines is 1. The van der Waals surface area contributed by atoms with Crippen molar-refractivity contribution in [2.45, 2.75) is 37.8 Å². The molecular weight excluding hydrogens is 572 g/mol. The number of aromatic nitrogens is 5. The smallest absolute Gasteiger partial charge is 0.352 e. The zero-order valence-corrected chi connectivity index (χ0v) is 23.9. The number of carboxylic acids is 1. The number of β-lactam (4-membered cyclic amide) rings is 1. The summed E-state index contributed by atoms with van der Waals surface area (Å²) in [6.07, 6.45) is 4.56. The summed E-state index contributed by atoms with van der Waals surface area (Å²) in [6.45, 7) is 3.81. The number of carbonyl (C=O) groups is 3. The van der Waals surface area contributed by atoms with Crippen molar-refractivity contribution in [2.24, 2.45) is 5.16 Å². The third-order valence-electron chi connectivity index (χ3n) is 6.53. The highest BCUT2D eigenvalue weighted by atomic mass is 32.2. The lowest BCUT2D eigenvalue weighted by Gasteiger charge is -2.49. The molecule has 0 bridgehead atoms. The van der Waals surface area contributed by atoms with Crippen LogP contribution in [0.5, 0.6) is 0 Å². The first-order chi connectivity index (χ1) is 19.8. The van der Waals surface area contributed by atoms with E-state index in [4.69, 9.17) is 10.6 Å². The van der Waals surface area contributed by atoms with Gasteiger partial charge in [-0.05, 0) is 44.1 Å². The predicted molar refractivity (Wildman–Crippen MR) is 151 cm³/mol. The van der Waals surface area contributed by atoms with Crippen LogP contribution in [-0.2, 0) is 32.3 Å². The predicted octanol–water partition coefficient (Wildman–Crippen LogP) is -0.454. The largest absolute Gasteiger partial charge is 0.477 e. The van der Waals surface area contributed by atoms with E-state index in [2.05, 4.69) is 34.7 Å². The summed E-state index contributed by atoms with van der Waals surface area (Å²) in [5, 5.41) is 19.2. The molecule has 2 atom stereocenters. The minimum Gasteiger partial charge on any atom is -0.477 e. The molecule has 0 spiro atoms. The fourth-order valence-corrected chi connectivity index (χ4v) is 6.45. The fraction of sp³-hybridized carbons (Fsp3) is 0.417. The highest BCUT2D eigenvalue weighted by molar-refractivity contribution is 8.00. The van der Waals surface area contributed by atoms with Crippen LogP contribution in [0.4, 0.5) is 5.13 Å². The fourth-order valence-electron chi connectivity index (χ4n) is 4.68. The minimum atomic E-state index is -1.21. The zero-order chi connectivity index (χ0) is 29.1. The molecule has 216 valence electrons. The van der Waals surface area contributed by atoms with Crippen LogP contribution in [0, 0.1) is 0 Å². The molecule has 5 N–H and O–H groups in total. The Morgan fingerprint density at radius 3 is 2.93 bits per heavy atom. The average Bonchev–Trinajstić information content (AvgIpc) is 3.58. The Morgan fingerprint density at radius 2 is 2.22 bits per heavy atom. The highest BCUT2D eigenvalue weighted by Gasteiger charge is 2.54. The number of hydrogen-bond donors (Lipinski definition) is 4. The second kappa shape index (κ2) is 12.2. The Hall–Kier alpha value is -4.09. The maximum absolute atomic E-state index is 13.2. The number of carbonyl (C=O) groups excluding carboxylic acids is 2. The number of nitrogen functional groups attached to an aromatic ring is 1. The summed E-state index contributed by atoms with van der Waals surface area (Å²) in [5.41, 5.74) is 7.56. The molecule has 2 aliphatic heterocycles. The number of nitrogens with two attached hydrogens (primary N) is 1. The van der Waals surface area contributed by atoms with E-state index >= 15 is 0 Å². The average molecular weight is 602 g/mol. The molecule has 3 aromatic heterocycles. The molecular formula is C24H29N10O5S2+. The van der Waals surface area contributed by atoms with Crippen molar-refractivity contribution in [1.82, 2.24) is 34.4 Å². The topological polar surface area (TPSA) is 194 Å². The van der Waals surface area contributed by atoms with Gasteiger partial charge >= 0.3 is 11.6 Å². The molecule has 0 radical (unpaired) electrons. The summed E-state index contributed by atoms with van der Waals surface area (Å²) in [7, 11) is 1.91. The van der Waals surface area contributed by atoms with E-state index in [-0.39, 0.29) is 35.5 Å². The third kappa shape index (κ3) is 5.59. The van der Waals surface area contributed by atoms with Gasteiger partial charge in [0.1, 0.15) is 35.8 Å². The Kier molecular flexibility index (Phi) is 8.46. The Balaban J connectivity index is 1.35. The molecule has 0 saturated carbocycles. The second-order valence-electron chi connectivity index (χ2n) is 9.17. The van der Waals surface area contributed by atoms with Gasteiger partial charge in [-0.25, -0.2) is 9.36 Å². The molecule has 2 amide bonds. The Bertz CT molecular complexity index is 1550. The lowest BCUT2D eigenvalue weighted by molar-refractivity contribution is -0.664. The molecule has 1 saturated heterocycles. The van der Waals surface area contributed by atoms with Crippen LogP contribution in [0.25, 0.3) is 11.2 Å². The van der Waals surface area contributed by atoms with Crippen molar-refractivity contribution in [3.63, 3.8) is 0 Å². The summed E-state index contributed by atoms with van der Waals surface area (Å²) in [5.74, 6) is -2.16. The summed E-state index contributed by atoms with van der Waals surface area (Å²) < 4.78 is 7.95. The highest BCUT2D eigenvalue weighted by Crippen LogP contribution is 2.40. The van der Waals surface area contributed by atoms with Gasteiger partial charge in [-0.1, -0.05) is 5.16 Å². The normalized spacial score (nSPS) is 18.8. The van der Waals surface area contributed by atoms with Crippen LogP contribution in [0.1, 0.15) is 19.2 Å². The van der Waals surface area contributed by atoms with Crippen LogP contribution in [0.3, 0.4) is 0 Å². The first kappa shape index (κ1) is 28.4. The van der Waals surface area contributed by atoms with Crippen molar-refractivity contribution >= 4 is 63.1 Å². The van der Waals surface area contributed by atoms with Crippen LogP contribution in [0.2, 0.25) is 0 Å². The van der Waals surface area contributed by atoms with Gasteiger partial charge in [0.15, 0.2) is 5.13 Å². The van der Waals surface area contributed by atoms with Gasteiger partial charge in [0, 0.05) is 29.4 Å². The van der Waals surface area contributed by atoms with Crippen molar-refractivity contribution in [1.29, 1.82) is 0 Å². The molecule has 0 aliphatic carbocycles. The van der Waals surface area contributed by atoms with E-state index in [1.165, 1.54) is 16.7 Å². The number of pyridine rings is 1. The molecule has 5 rings (SSSR count). The number of aliphatic carboxylic acids is 1. The standard InChI is InChI=1S/C24H28N10O5S2/c1-3-39-30-15(18-29-24(25)41-31-18)20(35)28-16-21(36)34-17(23(37)38)13(11-40-22(16)34)10-32-8-4-6-14-19(32)27-12-33(14)9-5-7-26-2/h4,6,8,12,16,22,26H,3,5,7,9-11H2,1-2H3,(H3-,25,28,29,31,35,37,38)/p+1/b30-15+. The quantitative estimate of drug-likeness (QED) is 0.0690. The lowest BCUT2D eigenvalue weighted by Crippen LogP contribution is -2.71. The van der Waals surface area contributed by atoms with E-state index in [1.54, 1.807) is 13.3 Å². The molecule has 2 unspecified atom stereocenters. The van der Waals surface area contributed by atoms with Gasteiger partial charge in [-0.2, -0.15) is 9.36 Å². The van der Waals surface area contributed by atoms with Gasteiger partial charge in [-0.15, -0.1) is 11.8 Å². The number of rotatable bonds is 12. The lowest BCUT2D eigenvalue weighted by atomic mass is 10.0. The second-order valence-corrected chi connectivity index (χ2v) is 11.1. The molecule has 15 nitrogen and oxygen atoms in total. The number of hydrogen-bond acceptors (Lipinski definition) is 12. The van der Waals surface area contributed by atoms with E-state index in [1.807, 2.05) is 29.9 Å². The van der Waals surface area contributed by atoms with Gasteiger partial charge < -0.3 is 30.9 Å². The Labute approximate surface area is 242 Å². The number of carboxylic acid groups (broad SMARTS) is 1. The van der Waals surface area contributed by atoms with Crippen LogP contribution in [-0.4, -0.2) is 89.8 Å². The van der Waals surface area contributed by atoms with Gasteiger partial charge in [0.05, 0.1) is 6.20 Å². The first-order valence-electron chi connectivity index (χ1n) is 12.8. The molecule has 17 heteroatoms. The number of fused-ring (bicyclic) bond motifs is 2. The van der Waals surface area contributed by atoms with E-state index in [9.17, 15) is 19.5 Å². The van der Waals surface area contributed by atoms with Crippen molar-refractivity contribution < 1.29 is 28.9 Å². The van der Waals surface area contributed by atoms with Crippen LogP contribution < -0.4 is 20.9 Å². The van der Waals surface area contributed by atoms with Gasteiger partial charge in [0.2, 0.25) is 17.9 Å². The minimum absolute atomic E-state index is 0.0255. The first-order valence-corrected chi connectivity index (χ1v) is 14.6. The molecule has 41 heavy (non-hydrogen) atoms. The molecule has 0 aromatic carbocycles. The molecule has 1 fully saturated rings. The molecule has 2 aliphatic rings. The van der Waals surface area contributed by atoms with Crippen LogP contribution in [0.15, 0.2) is 41.1 Å². The summed E-state index contributed by atoms with van der Waals surface area (Å²) in [4.78, 5) is 53.5. The van der Waals surface area contributed by atoms with Gasteiger partial charge in [0.25, 0.3) is 11.8 Å². The molecule has 5 heterocycles. The van der Waals surface area contributed by atoms with Crippen molar-refractivity contribution in [3.05, 3.63) is 41.8 Å².